The Morgan fingerprint density at radius 3 is 2.65 bits per heavy atom. The average Bonchev–Trinajstić information content (AvgIpc) is 3.33. The van der Waals surface area contributed by atoms with Crippen LogP contribution < -0.4 is 14.9 Å². The molecule has 2 aromatic carbocycles. The molecule has 4 rings (SSSR count). The Labute approximate surface area is 158 Å². The molecule has 3 aromatic rings. The Balaban J connectivity index is 1.53. The SMILES string of the molecule is O=C(N/N=C/c1cc2c(cc1Br)OCO2)c1ccccc1-n1cccc1. The van der Waals surface area contributed by atoms with Crippen LogP contribution in [0.1, 0.15) is 15.9 Å². The standard InChI is InChI=1S/C19H14BrN3O3/c20-15-10-18-17(25-12-26-18)9-13(15)11-21-22-19(24)14-5-1-2-6-16(14)23-7-3-4-8-23/h1-11H,12H2,(H,22,24)/b21-11+. The molecule has 26 heavy (non-hydrogen) atoms. The van der Waals surface area contributed by atoms with Gasteiger partial charge in [-0.2, -0.15) is 5.10 Å². The van der Waals surface area contributed by atoms with Crippen LogP contribution in [0, 0.1) is 0 Å². The number of benzene rings is 2. The first-order valence-electron chi connectivity index (χ1n) is 7.87. The summed E-state index contributed by atoms with van der Waals surface area (Å²) >= 11 is 3.46. The van der Waals surface area contributed by atoms with E-state index in [1.807, 2.05) is 53.4 Å². The van der Waals surface area contributed by atoms with E-state index in [-0.39, 0.29) is 12.7 Å². The maximum absolute atomic E-state index is 12.5. The quantitative estimate of drug-likeness (QED) is 0.525. The fourth-order valence-corrected chi connectivity index (χ4v) is 3.06. The number of para-hydroxylation sites is 1. The van der Waals surface area contributed by atoms with E-state index in [0.717, 1.165) is 15.7 Å². The van der Waals surface area contributed by atoms with E-state index >= 15 is 0 Å². The van der Waals surface area contributed by atoms with Crippen LogP contribution in [-0.2, 0) is 0 Å². The molecule has 0 spiro atoms. The molecule has 130 valence electrons. The molecular formula is C19H14BrN3O3. The van der Waals surface area contributed by atoms with Gasteiger partial charge in [0.2, 0.25) is 6.79 Å². The number of fused-ring (bicyclic) bond motifs is 1. The van der Waals surface area contributed by atoms with Crippen molar-refractivity contribution in [1.82, 2.24) is 9.99 Å². The molecule has 0 bridgehead atoms. The molecule has 1 amide bonds. The normalized spacial score (nSPS) is 12.5. The van der Waals surface area contributed by atoms with Crippen molar-refractivity contribution in [2.24, 2.45) is 5.10 Å². The Morgan fingerprint density at radius 1 is 1.12 bits per heavy atom. The summed E-state index contributed by atoms with van der Waals surface area (Å²) in [5.74, 6) is 1.04. The molecular weight excluding hydrogens is 398 g/mol. The molecule has 1 aromatic heterocycles. The van der Waals surface area contributed by atoms with Gasteiger partial charge in [-0.25, -0.2) is 5.43 Å². The number of hydrogen-bond acceptors (Lipinski definition) is 4. The second-order valence-corrected chi connectivity index (χ2v) is 6.39. The van der Waals surface area contributed by atoms with E-state index in [1.54, 1.807) is 18.3 Å². The number of nitrogens with one attached hydrogen (secondary N) is 1. The molecule has 0 unspecified atom stereocenters. The molecule has 1 aliphatic heterocycles. The summed E-state index contributed by atoms with van der Waals surface area (Å²) in [6.07, 6.45) is 5.33. The topological polar surface area (TPSA) is 64.8 Å². The second kappa shape index (κ2) is 7.05. The van der Waals surface area contributed by atoms with Gasteiger partial charge in [0.15, 0.2) is 11.5 Å². The number of rotatable bonds is 4. The fraction of sp³-hybridized carbons (Fsp3) is 0.0526. The van der Waals surface area contributed by atoms with Gasteiger partial charge >= 0.3 is 0 Å². The van der Waals surface area contributed by atoms with Crippen molar-refractivity contribution in [3.05, 3.63) is 76.5 Å². The predicted molar refractivity (Wildman–Crippen MR) is 101 cm³/mol. The highest BCUT2D eigenvalue weighted by Crippen LogP contribution is 2.36. The summed E-state index contributed by atoms with van der Waals surface area (Å²) in [4.78, 5) is 12.5. The van der Waals surface area contributed by atoms with E-state index in [4.69, 9.17) is 9.47 Å². The predicted octanol–water partition coefficient (Wildman–Crippen LogP) is 3.73. The number of amides is 1. The second-order valence-electron chi connectivity index (χ2n) is 5.53. The van der Waals surface area contributed by atoms with Crippen molar-refractivity contribution in [2.75, 3.05) is 6.79 Å². The molecule has 6 nitrogen and oxygen atoms in total. The van der Waals surface area contributed by atoms with Crippen LogP contribution in [0.4, 0.5) is 0 Å². The van der Waals surface area contributed by atoms with E-state index < -0.39 is 0 Å². The van der Waals surface area contributed by atoms with E-state index in [9.17, 15) is 4.79 Å². The summed E-state index contributed by atoms with van der Waals surface area (Å²) in [5, 5.41) is 4.07. The molecule has 7 heteroatoms. The first-order valence-corrected chi connectivity index (χ1v) is 8.66. The number of carbonyl (C=O) groups is 1. The van der Waals surface area contributed by atoms with Crippen molar-refractivity contribution >= 4 is 28.1 Å². The van der Waals surface area contributed by atoms with Gasteiger partial charge in [0.1, 0.15) is 0 Å². The number of hydrazone groups is 1. The van der Waals surface area contributed by atoms with Crippen molar-refractivity contribution in [2.45, 2.75) is 0 Å². The van der Waals surface area contributed by atoms with Gasteiger partial charge in [-0.15, -0.1) is 0 Å². The van der Waals surface area contributed by atoms with E-state index in [0.29, 0.717) is 17.1 Å². The molecule has 1 N–H and O–H groups in total. The summed E-state index contributed by atoms with van der Waals surface area (Å²) < 4.78 is 13.3. The number of aromatic nitrogens is 1. The van der Waals surface area contributed by atoms with Gasteiger partial charge in [-0.1, -0.05) is 12.1 Å². The minimum absolute atomic E-state index is 0.204. The lowest BCUT2D eigenvalue weighted by Gasteiger charge is -2.09. The minimum atomic E-state index is -0.289. The molecule has 0 radical (unpaired) electrons. The lowest BCUT2D eigenvalue weighted by Crippen LogP contribution is -2.19. The van der Waals surface area contributed by atoms with Crippen LogP contribution in [0.5, 0.6) is 11.5 Å². The van der Waals surface area contributed by atoms with Crippen molar-refractivity contribution in [3.63, 3.8) is 0 Å². The summed E-state index contributed by atoms with van der Waals surface area (Å²) in [5.41, 5.74) is 4.66. The van der Waals surface area contributed by atoms with Crippen molar-refractivity contribution < 1.29 is 14.3 Å². The molecule has 1 aliphatic rings. The van der Waals surface area contributed by atoms with Gasteiger partial charge in [0.25, 0.3) is 5.91 Å². The number of carbonyl (C=O) groups excluding carboxylic acids is 1. The minimum Gasteiger partial charge on any atom is -0.454 e. The van der Waals surface area contributed by atoms with Gasteiger partial charge in [0.05, 0.1) is 17.5 Å². The molecule has 0 saturated heterocycles. The van der Waals surface area contributed by atoms with Crippen LogP contribution in [0.3, 0.4) is 0 Å². The largest absolute Gasteiger partial charge is 0.454 e. The van der Waals surface area contributed by atoms with Gasteiger partial charge in [-0.3, -0.25) is 4.79 Å². The van der Waals surface area contributed by atoms with Crippen molar-refractivity contribution in [3.8, 4) is 17.2 Å². The number of ether oxygens (including phenoxy) is 2. The Bertz CT molecular complexity index is 984. The fourth-order valence-electron chi connectivity index (χ4n) is 2.64. The van der Waals surface area contributed by atoms with Crippen LogP contribution in [0.25, 0.3) is 5.69 Å². The molecule has 0 fully saturated rings. The van der Waals surface area contributed by atoms with Crippen molar-refractivity contribution in [1.29, 1.82) is 0 Å². The molecule has 0 aliphatic carbocycles. The highest BCUT2D eigenvalue weighted by Gasteiger charge is 2.16. The summed E-state index contributed by atoms with van der Waals surface area (Å²) in [6, 6.07) is 14.8. The number of halogens is 1. The van der Waals surface area contributed by atoms with Gasteiger partial charge < -0.3 is 14.0 Å². The maximum Gasteiger partial charge on any atom is 0.273 e. The molecule has 0 saturated carbocycles. The number of hydrogen-bond donors (Lipinski definition) is 1. The third kappa shape index (κ3) is 3.21. The first kappa shape index (κ1) is 16.4. The summed E-state index contributed by atoms with van der Waals surface area (Å²) in [7, 11) is 0. The Morgan fingerprint density at radius 2 is 1.85 bits per heavy atom. The van der Waals surface area contributed by atoms with Crippen LogP contribution >= 0.6 is 15.9 Å². The highest BCUT2D eigenvalue weighted by atomic mass is 79.9. The molecule has 0 atom stereocenters. The summed E-state index contributed by atoms with van der Waals surface area (Å²) in [6.45, 7) is 0.204. The number of nitrogens with zero attached hydrogens (tertiary/aromatic N) is 2. The molecule has 2 heterocycles. The van der Waals surface area contributed by atoms with Crippen LogP contribution in [0.2, 0.25) is 0 Å². The highest BCUT2D eigenvalue weighted by molar-refractivity contribution is 9.10. The zero-order valence-electron chi connectivity index (χ0n) is 13.6. The smallest absolute Gasteiger partial charge is 0.273 e. The van der Waals surface area contributed by atoms with E-state index in [1.165, 1.54) is 0 Å². The monoisotopic (exact) mass is 411 g/mol. The van der Waals surface area contributed by atoms with Crippen LogP contribution in [-0.4, -0.2) is 23.5 Å². The third-order valence-corrected chi connectivity index (χ3v) is 4.58. The average molecular weight is 412 g/mol. The van der Waals surface area contributed by atoms with Gasteiger partial charge in [0, 0.05) is 22.4 Å². The van der Waals surface area contributed by atoms with Crippen LogP contribution in [0.15, 0.2) is 70.5 Å². The zero-order valence-corrected chi connectivity index (χ0v) is 15.1. The first-order chi connectivity index (χ1) is 12.7. The third-order valence-electron chi connectivity index (χ3n) is 3.89. The van der Waals surface area contributed by atoms with E-state index in [2.05, 4.69) is 26.5 Å². The Hall–Kier alpha value is -3.06. The lowest BCUT2D eigenvalue weighted by atomic mass is 10.1. The zero-order chi connectivity index (χ0) is 17.9. The maximum atomic E-state index is 12.5. The lowest BCUT2D eigenvalue weighted by molar-refractivity contribution is 0.0955. The van der Waals surface area contributed by atoms with Gasteiger partial charge in [-0.05, 0) is 52.3 Å². The Kier molecular flexibility index (Phi) is 4.45.